The molecule has 0 bridgehead atoms. The van der Waals surface area contributed by atoms with Crippen molar-refractivity contribution in [2.75, 3.05) is 24.4 Å². The molecule has 11 heteroatoms. The standard InChI is InChI=1S/C21H23BrN2O7S/c1-12(2)19(20(25)29-3)24-32(27,28)14-5-7-17-16(11-14)15-6-4-13(10-18(15)31-17)23-21(26)30-9-8-22/h4-7,10-12,19,24H,8-9H2,1-3H3,(H,23,26). The van der Waals surface area contributed by atoms with Gasteiger partial charge in [0.05, 0.1) is 12.0 Å². The highest BCUT2D eigenvalue weighted by atomic mass is 79.9. The Kier molecular flexibility index (Phi) is 7.42. The van der Waals surface area contributed by atoms with E-state index < -0.39 is 28.1 Å². The highest BCUT2D eigenvalue weighted by Crippen LogP contribution is 2.32. The Labute approximate surface area is 193 Å². The summed E-state index contributed by atoms with van der Waals surface area (Å²) in [5, 5.41) is 4.38. The van der Waals surface area contributed by atoms with Crippen molar-refractivity contribution in [3.8, 4) is 0 Å². The van der Waals surface area contributed by atoms with Gasteiger partial charge in [-0.25, -0.2) is 13.2 Å². The van der Waals surface area contributed by atoms with E-state index in [1.807, 2.05) is 0 Å². The number of anilines is 1. The van der Waals surface area contributed by atoms with Gasteiger partial charge >= 0.3 is 12.1 Å². The highest BCUT2D eigenvalue weighted by molar-refractivity contribution is 9.09. The minimum atomic E-state index is -4.00. The Morgan fingerprint density at radius 3 is 2.50 bits per heavy atom. The number of hydrogen-bond acceptors (Lipinski definition) is 7. The van der Waals surface area contributed by atoms with Gasteiger partial charge in [0.25, 0.3) is 0 Å². The van der Waals surface area contributed by atoms with Gasteiger partial charge in [0.1, 0.15) is 23.8 Å². The predicted octanol–water partition coefficient (Wildman–Crippen LogP) is 4.01. The van der Waals surface area contributed by atoms with Crippen LogP contribution in [0, 0.1) is 5.92 Å². The van der Waals surface area contributed by atoms with Crippen LogP contribution in [0.2, 0.25) is 0 Å². The Bertz CT molecular complexity index is 1250. The maximum absolute atomic E-state index is 12.9. The molecular weight excluding hydrogens is 504 g/mol. The Morgan fingerprint density at radius 1 is 1.09 bits per heavy atom. The second kappa shape index (κ2) is 9.88. The number of amides is 1. The van der Waals surface area contributed by atoms with Gasteiger partial charge in [0.15, 0.2) is 0 Å². The molecule has 0 aliphatic heterocycles. The van der Waals surface area contributed by atoms with E-state index in [1.165, 1.54) is 19.2 Å². The fourth-order valence-electron chi connectivity index (χ4n) is 3.10. The highest BCUT2D eigenvalue weighted by Gasteiger charge is 2.29. The van der Waals surface area contributed by atoms with Crippen LogP contribution >= 0.6 is 15.9 Å². The first-order valence-corrected chi connectivity index (χ1v) is 12.3. The van der Waals surface area contributed by atoms with E-state index in [4.69, 9.17) is 13.9 Å². The third kappa shape index (κ3) is 5.22. The fraction of sp³-hybridized carbons (Fsp3) is 0.333. The van der Waals surface area contributed by atoms with Gasteiger partial charge in [-0.05, 0) is 36.2 Å². The van der Waals surface area contributed by atoms with E-state index in [2.05, 4.69) is 26.0 Å². The Balaban J connectivity index is 1.93. The number of furan rings is 1. The number of ether oxygens (including phenoxy) is 2. The average Bonchev–Trinajstić information content (AvgIpc) is 3.12. The number of alkyl halides is 1. The van der Waals surface area contributed by atoms with Crippen molar-refractivity contribution in [3.05, 3.63) is 36.4 Å². The summed E-state index contributed by atoms with van der Waals surface area (Å²) in [5.74, 6) is -0.962. The van der Waals surface area contributed by atoms with Crippen molar-refractivity contribution in [2.45, 2.75) is 24.8 Å². The lowest BCUT2D eigenvalue weighted by atomic mass is 10.1. The van der Waals surface area contributed by atoms with Crippen molar-refractivity contribution >= 4 is 65.6 Å². The van der Waals surface area contributed by atoms with Crippen LogP contribution in [0.1, 0.15) is 13.8 Å². The maximum Gasteiger partial charge on any atom is 0.411 e. The lowest BCUT2D eigenvalue weighted by molar-refractivity contribution is -0.143. The summed E-state index contributed by atoms with van der Waals surface area (Å²) in [5.41, 5.74) is 1.42. The van der Waals surface area contributed by atoms with Gasteiger partial charge in [0.2, 0.25) is 10.0 Å². The number of hydrogen-bond donors (Lipinski definition) is 2. The number of esters is 1. The average molecular weight is 527 g/mol. The molecule has 0 radical (unpaired) electrons. The molecule has 172 valence electrons. The van der Waals surface area contributed by atoms with E-state index in [1.54, 1.807) is 38.1 Å². The molecule has 1 aromatic heterocycles. The number of fused-ring (bicyclic) bond motifs is 3. The quantitative estimate of drug-likeness (QED) is 0.335. The van der Waals surface area contributed by atoms with Crippen molar-refractivity contribution in [2.24, 2.45) is 5.92 Å². The van der Waals surface area contributed by atoms with Gasteiger partial charge < -0.3 is 13.9 Å². The summed E-state index contributed by atoms with van der Waals surface area (Å²) in [6.45, 7) is 3.67. The van der Waals surface area contributed by atoms with Crippen LogP contribution in [0.25, 0.3) is 21.9 Å². The summed E-state index contributed by atoms with van der Waals surface area (Å²) in [6.07, 6.45) is -0.593. The number of carbonyl (C=O) groups excluding carboxylic acids is 2. The number of methoxy groups -OCH3 is 1. The number of rotatable bonds is 8. The van der Waals surface area contributed by atoms with Crippen LogP contribution < -0.4 is 10.0 Å². The molecule has 0 aliphatic rings. The Hall–Kier alpha value is -2.63. The van der Waals surface area contributed by atoms with Gasteiger partial charge in [-0.2, -0.15) is 4.72 Å². The molecule has 0 saturated heterocycles. The minimum Gasteiger partial charge on any atom is -0.468 e. The zero-order valence-corrected chi connectivity index (χ0v) is 20.1. The predicted molar refractivity (Wildman–Crippen MR) is 123 cm³/mol. The van der Waals surface area contributed by atoms with Crippen molar-refractivity contribution in [3.63, 3.8) is 0 Å². The van der Waals surface area contributed by atoms with E-state index >= 15 is 0 Å². The molecule has 0 saturated carbocycles. The topological polar surface area (TPSA) is 124 Å². The van der Waals surface area contributed by atoms with Crippen molar-refractivity contribution in [1.29, 1.82) is 0 Å². The molecule has 0 fully saturated rings. The zero-order valence-electron chi connectivity index (χ0n) is 17.7. The fourth-order valence-corrected chi connectivity index (χ4v) is 4.63. The summed E-state index contributed by atoms with van der Waals surface area (Å²) in [6, 6.07) is 8.43. The number of halogens is 1. The van der Waals surface area contributed by atoms with Crippen LogP contribution in [0.3, 0.4) is 0 Å². The number of nitrogens with one attached hydrogen (secondary N) is 2. The summed E-state index contributed by atoms with van der Waals surface area (Å²) < 4.78 is 43.7. The first-order chi connectivity index (χ1) is 15.2. The number of benzene rings is 2. The van der Waals surface area contributed by atoms with Crippen LogP contribution in [0.4, 0.5) is 10.5 Å². The third-order valence-corrected chi connectivity index (χ3v) is 6.48. The summed E-state index contributed by atoms with van der Waals surface area (Å²) in [4.78, 5) is 23.7. The monoisotopic (exact) mass is 526 g/mol. The van der Waals surface area contributed by atoms with Crippen LogP contribution in [-0.4, -0.2) is 45.6 Å². The lowest BCUT2D eigenvalue weighted by Crippen LogP contribution is -2.44. The molecule has 1 unspecified atom stereocenters. The van der Waals surface area contributed by atoms with Crippen LogP contribution in [0.15, 0.2) is 45.7 Å². The molecule has 9 nitrogen and oxygen atoms in total. The normalized spacial score (nSPS) is 12.8. The molecule has 2 N–H and O–H groups in total. The molecule has 1 heterocycles. The SMILES string of the molecule is COC(=O)C(NS(=O)(=O)c1ccc2oc3cc(NC(=O)OCCBr)ccc3c2c1)C(C)C. The second-order valence-electron chi connectivity index (χ2n) is 7.29. The van der Waals surface area contributed by atoms with Crippen LogP contribution in [0.5, 0.6) is 0 Å². The van der Waals surface area contributed by atoms with Crippen molar-refractivity contribution in [1.82, 2.24) is 4.72 Å². The first kappa shape index (κ1) is 24.0. The van der Waals surface area contributed by atoms with Gasteiger partial charge in [-0.3, -0.25) is 10.1 Å². The maximum atomic E-state index is 12.9. The molecule has 1 atom stereocenters. The Morgan fingerprint density at radius 2 is 1.84 bits per heavy atom. The van der Waals surface area contributed by atoms with Gasteiger partial charge in [0, 0.05) is 27.9 Å². The minimum absolute atomic E-state index is 0.0113. The largest absolute Gasteiger partial charge is 0.468 e. The second-order valence-corrected chi connectivity index (χ2v) is 9.79. The van der Waals surface area contributed by atoms with E-state index in [-0.39, 0.29) is 17.4 Å². The lowest BCUT2D eigenvalue weighted by Gasteiger charge is -2.19. The van der Waals surface area contributed by atoms with Crippen molar-refractivity contribution < 1.29 is 31.9 Å². The molecule has 1 amide bonds. The molecule has 2 aromatic carbocycles. The molecule has 32 heavy (non-hydrogen) atoms. The molecule has 0 spiro atoms. The summed E-state index contributed by atoms with van der Waals surface area (Å²) >= 11 is 3.18. The first-order valence-electron chi connectivity index (χ1n) is 9.72. The van der Waals surface area contributed by atoms with Crippen LogP contribution in [-0.2, 0) is 24.3 Å². The zero-order chi connectivity index (χ0) is 23.5. The molecule has 3 rings (SSSR count). The number of sulfonamides is 1. The van der Waals surface area contributed by atoms with E-state index in [0.29, 0.717) is 33.0 Å². The number of carbonyl (C=O) groups is 2. The molecule has 3 aromatic rings. The molecule has 0 aliphatic carbocycles. The smallest absolute Gasteiger partial charge is 0.411 e. The van der Waals surface area contributed by atoms with E-state index in [9.17, 15) is 18.0 Å². The van der Waals surface area contributed by atoms with Gasteiger partial charge in [-0.1, -0.05) is 29.8 Å². The summed E-state index contributed by atoms with van der Waals surface area (Å²) in [7, 11) is -2.79. The molecular formula is C21H23BrN2O7S. The third-order valence-electron chi connectivity index (χ3n) is 4.71. The van der Waals surface area contributed by atoms with E-state index in [0.717, 1.165) is 0 Å². The van der Waals surface area contributed by atoms with Gasteiger partial charge in [-0.15, -0.1) is 0 Å².